The highest BCUT2D eigenvalue weighted by Crippen LogP contribution is 2.38. The Hall–Kier alpha value is -3.41. The van der Waals surface area contributed by atoms with Crippen molar-refractivity contribution in [3.05, 3.63) is 65.0 Å². The zero-order chi connectivity index (χ0) is 19.0. The van der Waals surface area contributed by atoms with Crippen LogP contribution in [0, 0.1) is 6.92 Å². The Balaban J connectivity index is 1.94. The van der Waals surface area contributed by atoms with E-state index in [4.69, 9.17) is 10.2 Å². The first-order valence-electron chi connectivity index (χ1n) is 8.91. The van der Waals surface area contributed by atoms with Crippen molar-refractivity contribution in [2.45, 2.75) is 20.3 Å². The number of hydrogen-bond acceptors (Lipinski definition) is 5. The van der Waals surface area contributed by atoms with Crippen molar-refractivity contribution in [1.82, 2.24) is 14.9 Å². The van der Waals surface area contributed by atoms with Gasteiger partial charge in [-0.1, -0.05) is 37.3 Å². The minimum Gasteiger partial charge on any atom is -0.460 e. The highest BCUT2D eigenvalue weighted by atomic mass is 16.3. The van der Waals surface area contributed by atoms with Gasteiger partial charge in [0.2, 0.25) is 5.95 Å². The van der Waals surface area contributed by atoms with Crippen LogP contribution >= 0.6 is 0 Å². The number of benzene rings is 1. The summed E-state index contributed by atoms with van der Waals surface area (Å²) >= 11 is 0. The molecule has 1 aliphatic rings. The summed E-state index contributed by atoms with van der Waals surface area (Å²) in [6.07, 6.45) is 2.78. The van der Waals surface area contributed by atoms with E-state index in [9.17, 15) is 4.79 Å². The lowest BCUT2D eigenvalue weighted by molar-refractivity contribution is 0.0851. The van der Waals surface area contributed by atoms with E-state index in [0.29, 0.717) is 29.3 Å². The van der Waals surface area contributed by atoms with E-state index in [1.54, 1.807) is 11.0 Å². The van der Waals surface area contributed by atoms with E-state index in [2.05, 4.69) is 9.97 Å². The average Bonchev–Trinajstić information content (AvgIpc) is 3.20. The van der Waals surface area contributed by atoms with Gasteiger partial charge in [0.15, 0.2) is 5.76 Å². The molecule has 0 radical (unpaired) electrons. The van der Waals surface area contributed by atoms with Gasteiger partial charge in [-0.2, -0.15) is 0 Å². The van der Waals surface area contributed by atoms with Crippen LogP contribution in [0.2, 0.25) is 0 Å². The predicted molar refractivity (Wildman–Crippen MR) is 105 cm³/mol. The molecule has 3 heterocycles. The SMILES string of the molecule is CCCN1C(=O)c2c(nc(N)nc2-c2ccc(C)o2)C1=Cc1ccccc1. The molecule has 0 unspecified atom stereocenters. The molecule has 1 amide bonds. The quantitative estimate of drug-likeness (QED) is 0.760. The average molecular weight is 360 g/mol. The summed E-state index contributed by atoms with van der Waals surface area (Å²) in [5, 5.41) is 0. The van der Waals surface area contributed by atoms with Gasteiger partial charge >= 0.3 is 0 Å². The van der Waals surface area contributed by atoms with E-state index >= 15 is 0 Å². The Morgan fingerprint density at radius 3 is 2.52 bits per heavy atom. The van der Waals surface area contributed by atoms with Crippen LogP contribution in [-0.2, 0) is 0 Å². The van der Waals surface area contributed by atoms with Crippen LogP contribution in [-0.4, -0.2) is 27.3 Å². The minimum absolute atomic E-state index is 0.114. The molecule has 2 N–H and O–H groups in total. The predicted octanol–water partition coefficient (Wildman–Crippen LogP) is 3.99. The molecule has 136 valence electrons. The third-order valence-corrected chi connectivity index (χ3v) is 4.44. The lowest BCUT2D eigenvalue weighted by Crippen LogP contribution is -2.24. The number of carbonyl (C=O) groups is 1. The Labute approximate surface area is 157 Å². The maximum Gasteiger partial charge on any atom is 0.262 e. The van der Waals surface area contributed by atoms with E-state index in [-0.39, 0.29) is 11.9 Å². The maximum absolute atomic E-state index is 13.2. The molecule has 1 aromatic carbocycles. The molecule has 0 atom stereocenters. The van der Waals surface area contributed by atoms with Gasteiger partial charge < -0.3 is 15.1 Å². The highest BCUT2D eigenvalue weighted by molar-refractivity contribution is 6.14. The molecule has 4 rings (SSSR count). The second-order valence-electron chi connectivity index (χ2n) is 6.46. The summed E-state index contributed by atoms with van der Waals surface area (Å²) in [5.41, 5.74) is 9.13. The zero-order valence-corrected chi connectivity index (χ0v) is 15.3. The van der Waals surface area contributed by atoms with Gasteiger partial charge in [0.25, 0.3) is 5.91 Å². The number of rotatable bonds is 4. The Bertz CT molecular complexity index is 1040. The molecule has 0 spiro atoms. The molecule has 2 aromatic heterocycles. The fraction of sp³-hybridized carbons (Fsp3) is 0.190. The van der Waals surface area contributed by atoms with Crippen molar-refractivity contribution in [2.75, 3.05) is 12.3 Å². The number of amides is 1. The number of nitrogens with zero attached hydrogens (tertiary/aromatic N) is 3. The number of nitrogens with two attached hydrogens (primary N) is 1. The molecule has 3 aromatic rings. The summed E-state index contributed by atoms with van der Waals surface area (Å²) in [4.78, 5) is 23.7. The molecule has 0 aliphatic carbocycles. The summed E-state index contributed by atoms with van der Waals surface area (Å²) < 4.78 is 5.71. The molecule has 0 saturated heterocycles. The van der Waals surface area contributed by atoms with E-state index < -0.39 is 0 Å². The van der Waals surface area contributed by atoms with Gasteiger partial charge in [0.05, 0.1) is 11.3 Å². The molecular formula is C21H20N4O2. The monoisotopic (exact) mass is 360 g/mol. The van der Waals surface area contributed by atoms with Crippen molar-refractivity contribution < 1.29 is 9.21 Å². The second-order valence-corrected chi connectivity index (χ2v) is 6.46. The molecule has 6 nitrogen and oxygen atoms in total. The lowest BCUT2D eigenvalue weighted by Gasteiger charge is -2.16. The normalized spacial score (nSPS) is 14.8. The number of aromatic nitrogens is 2. The molecule has 0 fully saturated rings. The van der Waals surface area contributed by atoms with Crippen molar-refractivity contribution in [2.24, 2.45) is 0 Å². The van der Waals surface area contributed by atoms with Crippen LogP contribution in [0.15, 0.2) is 46.9 Å². The number of fused-ring (bicyclic) bond motifs is 1. The smallest absolute Gasteiger partial charge is 0.262 e. The third-order valence-electron chi connectivity index (χ3n) is 4.44. The minimum atomic E-state index is -0.127. The number of anilines is 1. The van der Waals surface area contributed by atoms with Crippen molar-refractivity contribution in [3.63, 3.8) is 0 Å². The first kappa shape index (κ1) is 17.0. The Morgan fingerprint density at radius 1 is 1.11 bits per heavy atom. The molecule has 6 heteroatoms. The largest absolute Gasteiger partial charge is 0.460 e. The van der Waals surface area contributed by atoms with Crippen LogP contribution < -0.4 is 5.73 Å². The van der Waals surface area contributed by atoms with E-state index in [1.807, 2.05) is 56.3 Å². The third kappa shape index (κ3) is 2.99. The van der Waals surface area contributed by atoms with Crippen LogP contribution in [0.5, 0.6) is 0 Å². The van der Waals surface area contributed by atoms with E-state index in [0.717, 1.165) is 23.4 Å². The Morgan fingerprint density at radius 2 is 1.85 bits per heavy atom. The Kier molecular flexibility index (Phi) is 4.24. The highest BCUT2D eigenvalue weighted by Gasteiger charge is 2.37. The van der Waals surface area contributed by atoms with Crippen LogP contribution in [0.3, 0.4) is 0 Å². The fourth-order valence-corrected chi connectivity index (χ4v) is 3.28. The number of furan rings is 1. The molecule has 1 aliphatic heterocycles. The van der Waals surface area contributed by atoms with Crippen LogP contribution in [0.1, 0.15) is 40.7 Å². The maximum atomic E-state index is 13.2. The number of carbonyl (C=O) groups excluding carboxylic acids is 1. The first-order valence-corrected chi connectivity index (χ1v) is 8.91. The molecular weight excluding hydrogens is 340 g/mol. The van der Waals surface area contributed by atoms with Crippen molar-refractivity contribution in [3.8, 4) is 11.5 Å². The first-order chi connectivity index (χ1) is 13.1. The summed E-state index contributed by atoms with van der Waals surface area (Å²) in [6, 6.07) is 13.5. The molecule has 0 bridgehead atoms. The van der Waals surface area contributed by atoms with Crippen molar-refractivity contribution >= 4 is 23.6 Å². The van der Waals surface area contributed by atoms with E-state index in [1.165, 1.54) is 0 Å². The van der Waals surface area contributed by atoms with Crippen LogP contribution in [0.25, 0.3) is 23.2 Å². The van der Waals surface area contributed by atoms with Gasteiger partial charge in [-0.15, -0.1) is 0 Å². The number of nitrogen functional groups attached to an aromatic ring is 1. The standard InChI is InChI=1S/C21H20N4O2/c1-3-11-25-15(12-14-7-5-4-6-8-14)18-17(20(25)26)19(24-21(22)23-18)16-10-9-13(2)27-16/h4-10,12H,3,11H2,1-2H3,(H2,22,23,24). The topological polar surface area (TPSA) is 85.2 Å². The zero-order valence-electron chi connectivity index (χ0n) is 15.3. The fourth-order valence-electron chi connectivity index (χ4n) is 3.28. The van der Waals surface area contributed by atoms with Gasteiger partial charge in [-0.25, -0.2) is 9.97 Å². The summed E-state index contributed by atoms with van der Waals surface area (Å²) in [7, 11) is 0. The second kappa shape index (κ2) is 6.72. The van der Waals surface area contributed by atoms with Crippen molar-refractivity contribution in [1.29, 1.82) is 0 Å². The lowest BCUT2D eigenvalue weighted by atomic mass is 10.1. The van der Waals surface area contributed by atoms with Gasteiger partial charge in [0, 0.05) is 6.54 Å². The molecule has 0 saturated carbocycles. The van der Waals surface area contributed by atoms with Gasteiger partial charge in [0.1, 0.15) is 17.1 Å². The van der Waals surface area contributed by atoms with Gasteiger partial charge in [-0.3, -0.25) is 4.79 Å². The number of hydrogen-bond donors (Lipinski definition) is 1. The number of aryl methyl sites for hydroxylation is 1. The molecule has 27 heavy (non-hydrogen) atoms. The summed E-state index contributed by atoms with van der Waals surface area (Å²) in [5.74, 6) is 1.25. The van der Waals surface area contributed by atoms with Gasteiger partial charge in [-0.05, 0) is 37.1 Å². The summed E-state index contributed by atoms with van der Waals surface area (Å²) in [6.45, 7) is 4.47. The van der Waals surface area contributed by atoms with Crippen LogP contribution in [0.4, 0.5) is 5.95 Å².